The molecule has 0 aromatic heterocycles. The first-order chi connectivity index (χ1) is 15.3. The summed E-state index contributed by atoms with van der Waals surface area (Å²) in [6.07, 6.45) is 0. The van der Waals surface area contributed by atoms with Crippen molar-refractivity contribution in [2.24, 2.45) is 9.98 Å². The third-order valence-corrected chi connectivity index (χ3v) is 5.88. The molecule has 0 heterocycles. The zero-order valence-corrected chi connectivity index (χ0v) is 21.4. The Morgan fingerprint density at radius 2 is 0.909 bits per heavy atom. The molecule has 2 nitrogen and oxygen atoms in total. The zero-order chi connectivity index (χ0) is 25.1. The molecule has 0 aliphatic carbocycles. The van der Waals surface area contributed by atoms with Gasteiger partial charge in [-0.05, 0) is 52.8 Å². The highest BCUT2D eigenvalue weighted by atomic mass is 19.4. The fraction of sp³-hybridized carbons (Fsp3) is 0.481. The highest BCUT2D eigenvalue weighted by Crippen LogP contribution is 2.37. The molecular formula is C27H37BF3N2-. The Bertz CT molecular complexity index is 980. The highest BCUT2D eigenvalue weighted by molar-refractivity contribution is 7.03. The molecule has 6 heteroatoms. The van der Waals surface area contributed by atoms with Gasteiger partial charge in [-0.25, -0.2) is 0 Å². The third-order valence-electron chi connectivity index (χ3n) is 5.88. The number of nitrogens with zero attached hydrogens (tertiary/aromatic N) is 2. The Kier molecular flexibility index (Phi) is 8.72. The van der Waals surface area contributed by atoms with Crippen LogP contribution in [0.4, 0.5) is 24.3 Å². The smallest absolute Gasteiger partial charge is 0.444 e. The number of rotatable bonds is 8. The van der Waals surface area contributed by atoms with E-state index in [9.17, 15) is 12.9 Å². The first-order valence-corrected chi connectivity index (χ1v) is 11.8. The number of para-hydroxylation sites is 2. The number of halogens is 3. The lowest BCUT2D eigenvalue weighted by Gasteiger charge is -2.23. The van der Waals surface area contributed by atoms with Gasteiger partial charge in [0.1, 0.15) is 0 Å². The molecule has 0 amide bonds. The molecule has 0 aliphatic rings. The van der Waals surface area contributed by atoms with Crippen LogP contribution in [0.2, 0.25) is 0 Å². The van der Waals surface area contributed by atoms with E-state index in [-0.39, 0.29) is 29.4 Å². The van der Waals surface area contributed by atoms with Crippen LogP contribution in [-0.4, -0.2) is 18.3 Å². The van der Waals surface area contributed by atoms with Gasteiger partial charge in [0.05, 0.1) is 11.4 Å². The minimum absolute atomic E-state index is 0.0517. The summed E-state index contributed by atoms with van der Waals surface area (Å²) in [5.41, 5.74) is 3.61. The van der Waals surface area contributed by atoms with Gasteiger partial charge in [0.15, 0.2) is 0 Å². The summed E-state index contributed by atoms with van der Waals surface area (Å²) in [5.74, 6) is 0.384. The maximum atomic E-state index is 14.4. The van der Waals surface area contributed by atoms with Crippen LogP contribution in [0.3, 0.4) is 0 Å². The second kappa shape index (κ2) is 10.7. The SMILES string of the molecule is CC(=Nc1c(C(C)C)cccc1C(C)C)C(=Nc1c(C(C)C)cccc1C(C)C)[B-](F)(F)F. The fourth-order valence-electron chi connectivity index (χ4n) is 4.02. The quantitative estimate of drug-likeness (QED) is 0.279. The molecular weight excluding hydrogens is 420 g/mol. The Labute approximate surface area is 197 Å². The first-order valence-electron chi connectivity index (χ1n) is 11.8. The van der Waals surface area contributed by atoms with Crippen molar-refractivity contribution in [3.63, 3.8) is 0 Å². The maximum Gasteiger partial charge on any atom is 0.529 e. The monoisotopic (exact) mass is 457 g/mol. The predicted molar refractivity (Wildman–Crippen MR) is 138 cm³/mol. The lowest BCUT2D eigenvalue weighted by Crippen LogP contribution is -2.35. The number of aliphatic imine (C=N–C) groups is 2. The molecule has 0 aliphatic heterocycles. The van der Waals surface area contributed by atoms with Gasteiger partial charge in [-0.3, -0.25) is 9.98 Å². The average Bonchev–Trinajstić information content (AvgIpc) is 2.70. The molecule has 0 N–H and O–H groups in total. The van der Waals surface area contributed by atoms with Gasteiger partial charge in [-0.2, -0.15) is 0 Å². The molecule has 0 radical (unpaired) electrons. The summed E-state index contributed by atoms with van der Waals surface area (Å²) in [4.78, 5) is 8.90. The summed E-state index contributed by atoms with van der Waals surface area (Å²) in [6.45, 7) is 12.1. The Balaban J connectivity index is 2.84. The van der Waals surface area contributed by atoms with Crippen LogP contribution >= 0.6 is 0 Å². The summed E-state index contributed by atoms with van der Waals surface area (Å²) < 4.78 is 43.2. The molecule has 0 spiro atoms. The van der Waals surface area contributed by atoms with Crippen LogP contribution in [0, 0.1) is 0 Å². The first kappa shape index (κ1) is 26.9. The minimum atomic E-state index is -5.37. The van der Waals surface area contributed by atoms with Gasteiger partial charge >= 0.3 is 6.98 Å². The van der Waals surface area contributed by atoms with E-state index in [1.165, 1.54) is 6.92 Å². The Morgan fingerprint density at radius 1 is 0.606 bits per heavy atom. The van der Waals surface area contributed by atoms with Gasteiger partial charge in [0, 0.05) is 11.3 Å². The summed E-state index contributed by atoms with van der Waals surface area (Å²) in [5, 5.41) is 0. The zero-order valence-electron chi connectivity index (χ0n) is 21.4. The second-order valence-electron chi connectivity index (χ2n) is 9.96. The molecule has 0 fully saturated rings. The van der Waals surface area contributed by atoms with E-state index in [0.29, 0.717) is 11.4 Å². The van der Waals surface area contributed by atoms with Crippen LogP contribution < -0.4 is 0 Å². The molecule has 33 heavy (non-hydrogen) atoms. The van der Waals surface area contributed by atoms with Crippen molar-refractivity contribution in [2.45, 2.75) is 86.0 Å². The third kappa shape index (κ3) is 6.36. The van der Waals surface area contributed by atoms with Crippen molar-refractivity contribution >= 4 is 29.7 Å². The van der Waals surface area contributed by atoms with Crippen molar-refractivity contribution in [2.75, 3.05) is 0 Å². The largest absolute Gasteiger partial charge is 0.529 e. The average molecular weight is 457 g/mol. The fourth-order valence-corrected chi connectivity index (χ4v) is 4.02. The van der Waals surface area contributed by atoms with Crippen LogP contribution in [0.5, 0.6) is 0 Å². The molecule has 0 unspecified atom stereocenters. The lowest BCUT2D eigenvalue weighted by atomic mass is 9.79. The van der Waals surface area contributed by atoms with E-state index in [2.05, 4.69) is 9.98 Å². The molecule has 0 saturated carbocycles. The van der Waals surface area contributed by atoms with Gasteiger partial charge in [0.2, 0.25) is 0 Å². The van der Waals surface area contributed by atoms with Crippen molar-refractivity contribution in [3.8, 4) is 0 Å². The van der Waals surface area contributed by atoms with E-state index in [1.54, 1.807) is 0 Å². The van der Waals surface area contributed by atoms with Gasteiger partial charge in [-0.1, -0.05) is 91.8 Å². The topological polar surface area (TPSA) is 24.7 Å². The van der Waals surface area contributed by atoms with Crippen LogP contribution in [0.25, 0.3) is 0 Å². The van der Waals surface area contributed by atoms with Crippen LogP contribution in [-0.2, 0) is 0 Å². The van der Waals surface area contributed by atoms with E-state index >= 15 is 0 Å². The van der Waals surface area contributed by atoms with Crippen molar-refractivity contribution in [1.82, 2.24) is 0 Å². The molecule has 0 atom stereocenters. The summed E-state index contributed by atoms with van der Waals surface area (Å²) in [7, 11) is 0. The van der Waals surface area contributed by atoms with Gasteiger partial charge in [0.25, 0.3) is 0 Å². The number of benzene rings is 2. The second-order valence-corrected chi connectivity index (χ2v) is 9.96. The molecule has 2 aromatic rings. The van der Waals surface area contributed by atoms with Crippen molar-refractivity contribution in [1.29, 1.82) is 0 Å². The molecule has 2 aromatic carbocycles. The molecule has 180 valence electrons. The van der Waals surface area contributed by atoms with E-state index in [4.69, 9.17) is 0 Å². The van der Waals surface area contributed by atoms with Crippen LogP contribution in [0.15, 0.2) is 46.4 Å². The van der Waals surface area contributed by atoms with Gasteiger partial charge in [-0.15, -0.1) is 0 Å². The maximum absolute atomic E-state index is 14.4. The van der Waals surface area contributed by atoms with Crippen LogP contribution in [0.1, 0.15) is 108 Å². The predicted octanol–water partition coefficient (Wildman–Crippen LogP) is 9.43. The Morgan fingerprint density at radius 3 is 1.18 bits per heavy atom. The number of hydrogen-bond donors (Lipinski definition) is 0. The standard InChI is InChI=1S/C27H37BF3N2/c1-16(2)21-12-10-13-22(17(3)4)25(21)32-20(9)27(28(29,30)31)33-26-23(18(5)6)14-11-15-24(26)19(7)8/h10-19H,1-9H3/q-1. The number of hydrogen-bond acceptors (Lipinski definition) is 2. The van der Waals surface area contributed by atoms with Crippen molar-refractivity contribution in [3.05, 3.63) is 58.7 Å². The van der Waals surface area contributed by atoms with E-state index < -0.39 is 12.6 Å². The highest BCUT2D eigenvalue weighted by Gasteiger charge is 2.33. The minimum Gasteiger partial charge on any atom is -0.444 e. The van der Waals surface area contributed by atoms with E-state index in [1.807, 2.05) is 91.8 Å². The Hall–Kier alpha value is -2.37. The lowest BCUT2D eigenvalue weighted by molar-refractivity contribution is 0.509. The van der Waals surface area contributed by atoms with E-state index in [0.717, 1.165) is 22.3 Å². The molecule has 2 rings (SSSR count). The summed E-state index contributed by atoms with van der Waals surface area (Å²) >= 11 is 0. The van der Waals surface area contributed by atoms with Crippen molar-refractivity contribution < 1.29 is 12.9 Å². The molecule has 0 bridgehead atoms. The van der Waals surface area contributed by atoms with Gasteiger partial charge < -0.3 is 12.9 Å². The summed E-state index contributed by atoms with van der Waals surface area (Å²) in [6, 6.07) is 11.5. The normalized spacial score (nSPS) is 13.7. The molecule has 0 saturated heterocycles.